The Morgan fingerprint density at radius 3 is 2.19 bits per heavy atom. The lowest BCUT2D eigenvalue weighted by molar-refractivity contribution is -0.135. The zero-order valence-corrected chi connectivity index (χ0v) is 16.6. The molecule has 1 aromatic carbocycles. The van der Waals surface area contributed by atoms with E-state index in [9.17, 15) is 18.3 Å². The highest BCUT2D eigenvalue weighted by Crippen LogP contribution is 2.34. The Kier molecular flexibility index (Phi) is 6.58. The van der Waals surface area contributed by atoms with Crippen LogP contribution in [0, 0.1) is 0 Å². The van der Waals surface area contributed by atoms with Crippen molar-refractivity contribution in [2.75, 3.05) is 32.4 Å². The number of hydrogen-bond acceptors (Lipinski definition) is 5. The molecule has 8 heteroatoms. The molecule has 2 N–H and O–H groups in total. The van der Waals surface area contributed by atoms with E-state index < -0.39 is 14.6 Å². The molecule has 2 aliphatic rings. The largest absolute Gasteiger partial charge is 0.508 e. The van der Waals surface area contributed by atoms with E-state index in [2.05, 4.69) is 5.32 Å². The first-order valence-corrected chi connectivity index (χ1v) is 10.7. The van der Waals surface area contributed by atoms with E-state index in [1.807, 2.05) is 12.1 Å². The van der Waals surface area contributed by atoms with Crippen molar-refractivity contribution in [1.82, 2.24) is 10.2 Å². The van der Waals surface area contributed by atoms with E-state index in [1.165, 1.54) is 6.26 Å². The summed E-state index contributed by atoms with van der Waals surface area (Å²) in [5.74, 6) is 0.366. The van der Waals surface area contributed by atoms with Gasteiger partial charge in [-0.2, -0.15) is 0 Å². The molecule has 0 aliphatic carbocycles. The Morgan fingerprint density at radius 2 is 1.69 bits per heavy atom. The predicted octanol–water partition coefficient (Wildman–Crippen LogP) is 1.69. The summed E-state index contributed by atoms with van der Waals surface area (Å²) in [6.45, 7) is 2.27. The maximum atomic E-state index is 13.1. The monoisotopic (exact) mass is 402 g/mol. The summed E-state index contributed by atoms with van der Waals surface area (Å²) in [7, 11) is -3.47. The number of benzene rings is 1. The topological polar surface area (TPSA) is 86.7 Å². The van der Waals surface area contributed by atoms with Gasteiger partial charge in [-0.1, -0.05) is 12.1 Å². The Labute approximate surface area is 161 Å². The van der Waals surface area contributed by atoms with E-state index in [4.69, 9.17) is 0 Å². The number of amides is 1. The van der Waals surface area contributed by atoms with Gasteiger partial charge in [0.15, 0.2) is 14.6 Å². The van der Waals surface area contributed by atoms with Crippen molar-refractivity contribution in [3.63, 3.8) is 0 Å². The minimum atomic E-state index is -3.47. The minimum absolute atomic E-state index is 0. The first kappa shape index (κ1) is 21.0. The number of hydrogen-bond donors (Lipinski definition) is 2. The number of phenols is 1. The number of likely N-dealkylation sites (tertiary alicyclic amines) is 1. The first-order valence-electron chi connectivity index (χ1n) is 8.82. The highest BCUT2D eigenvalue weighted by molar-refractivity contribution is 7.92. The van der Waals surface area contributed by atoms with Crippen LogP contribution in [0.5, 0.6) is 5.75 Å². The SMILES string of the molecule is CS(=O)(=O)C1(C(=O)N2CCC(c3ccc(O)cc3)CC2)CCNCC1.Cl. The number of carbonyl (C=O) groups is 1. The number of piperidine rings is 2. The third-order valence-electron chi connectivity index (χ3n) is 5.66. The summed E-state index contributed by atoms with van der Waals surface area (Å²) in [6.07, 6.45) is 3.52. The maximum absolute atomic E-state index is 13.1. The average molecular weight is 403 g/mol. The molecule has 1 amide bonds. The van der Waals surface area contributed by atoms with Gasteiger partial charge >= 0.3 is 0 Å². The molecule has 2 fully saturated rings. The van der Waals surface area contributed by atoms with Crippen LogP contribution in [0.3, 0.4) is 0 Å². The van der Waals surface area contributed by atoms with Crippen molar-refractivity contribution in [3.8, 4) is 5.75 Å². The number of halogens is 1. The van der Waals surface area contributed by atoms with Gasteiger partial charge in [0.2, 0.25) is 5.91 Å². The number of nitrogens with one attached hydrogen (secondary N) is 1. The fraction of sp³-hybridized carbons (Fsp3) is 0.611. The molecule has 0 bridgehead atoms. The summed E-state index contributed by atoms with van der Waals surface area (Å²) in [5.41, 5.74) is 1.16. The molecule has 0 aromatic heterocycles. The smallest absolute Gasteiger partial charge is 0.244 e. The normalized spacial score (nSPS) is 21.0. The molecular weight excluding hydrogens is 376 g/mol. The maximum Gasteiger partial charge on any atom is 0.244 e. The average Bonchev–Trinajstić information content (AvgIpc) is 2.61. The van der Waals surface area contributed by atoms with Gasteiger partial charge in [-0.05, 0) is 62.4 Å². The van der Waals surface area contributed by atoms with Gasteiger partial charge in [-0.25, -0.2) is 8.42 Å². The van der Waals surface area contributed by atoms with Crippen LogP contribution in [-0.4, -0.2) is 61.5 Å². The molecule has 0 radical (unpaired) electrons. The van der Waals surface area contributed by atoms with Crippen molar-refractivity contribution in [3.05, 3.63) is 29.8 Å². The number of aromatic hydroxyl groups is 1. The third-order valence-corrected chi connectivity index (χ3v) is 7.66. The van der Waals surface area contributed by atoms with E-state index in [0.29, 0.717) is 44.9 Å². The molecule has 26 heavy (non-hydrogen) atoms. The summed E-state index contributed by atoms with van der Waals surface area (Å²) < 4.78 is 23.6. The van der Waals surface area contributed by atoms with Crippen LogP contribution < -0.4 is 5.32 Å². The molecule has 0 spiro atoms. The fourth-order valence-electron chi connectivity index (χ4n) is 4.02. The van der Waals surface area contributed by atoms with Gasteiger partial charge in [-0.3, -0.25) is 4.79 Å². The number of rotatable bonds is 3. The minimum Gasteiger partial charge on any atom is -0.508 e. The Bertz CT molecular complexity index is 722. The molecule has 0 saturated carbocycles. The van der Waals surface area contributed by atoms with Crippen molar-refractivity contribution >= 4 is 28.2 Å². The zero-order valence-electron chi connectivity index (χ0n) is 15.0. The first-order chi connectivity index (χ1) is 11.8. The quantitative estimate of drug-likeness (QED) is 0.803. The van der Waals surface area contributed by atoms with E-state index >= 15 is 0 Å². The zero-order chi connectivity index (χ0) is 18.1. The van der Waals surface area contributed by atoms with Gasteiger partial charge in [0.25, 0.3) is 0 Å². The van der Waals surface area contributed by atoms with Crippen molar-refractivity contribution in [2.45, 2.75) is 36.3 Å². The number of carbonyl (C=O) groups excluding carboxylic acids is 1. The summed E-state index contributed by atoms with van der Waals surface area (Å²) in [6, 6.07) is 7.20. The van der Waals surface area contributed by atoms with Gasteiger partial charge in [0.1, 0.15) is 5.75 Å². The van der Waals surface area contributed by atoms with Crippen LogP contribution in [0.25, 0.3) is 0 Å². The van der Waals surface area contributed by atoms with Crippen molar-refractivity contribution in [2.24, 2.45) is 0 Å². The summed E-state index contributed by atoms with van der Waals surface area (Å²) >= 11 is 0. The molecule has 2 heterocycles. The second-order valence-corrected chi connectivity index (χ2v) is 9.50. The van der Waals surface area contributed by atoms with Crippen LogP contribution >= 0.6 is 12.4 Å². The van der Waals surface area contributed by atoms with Crippen LogP contribution in [0.2, 0.25) is 0 Å². The van der Waals surface area contributed by atoms with E-state index in [0.717, 1.165) is 18.4 Å². The third kappa shape index (κ3) is 4.00. The van der Waals surface area contributed by atoms with Crippen molar-refractivity contribution < 1.29 is 18.3 Å². The molecule has 2 aliphatic heterocycles. The molecule has 6 nitrogen and oxygen atoms in total. The highest BCUT2D eigenvalue weighted by Gasteiger charge is 2.50. The Hall–Kier alpha value is -1.31. The highest BCUT2D eigenvalue weighted by atomic mass is 35.5. The van der Waals surface area contributed by atoms with Gasteiger partial charge in [0.05, 0.1) is 0 Å². The van der Waals surface area contributed by atoms with Crippen LogP contribution in [0.1, 0.15) is 37.2 Å². The molecule has 146 valence electrons. The van der Waals surface area contributed by atoms with Crippen molar-refractivity contribution in [1.29, 1.82) is 0 Å². The molecule has 2 saturated heterocycles. The second kappa shape index (κ2) is 8.15. The van der Waals surface area contributed by atoms with Crippen LogP contribution in [0.15, 0.2) is 24.3 Å². The second-order valence-electron chi connectivity index (χ2n) is 7.17. The Morgan fingerprint density at radius 1 is 1.15 bits per heavy atom. The number of nitrogens with zero attached hydrogens (tertiary/aromatic N) is 1. The Balaban J connectivity index is 0.00000243. The lowest BCUT2D eigenvalue weighted by Crippen LogP contribution is -2.59. The fourth-order valence-corrected chi connectivity index (χ4v) is 5.42. The number of phenolic OH excluding ortho intramolecular Hbond substituents is 1. The van der Waals surface area contributed by atoms with Gasteiger partial charge < -0.3 is 15.3 Å². The lowest BCUT2D eigenvalue weighted by Gasteiger charge is -2.41. The summed E-state index contributed by atoms with van der Waals surface area (Å²) in [5, 5.41) is 12.6. The molecule has 0 unspecified atom stereocenters. The van der Waals surface area contributed by atoms with E-state index in [1.54, 1.807) is 17.0 Å². The standard InChI is InChI=1S/C18H26N2O4S.ClH/c1-25(23,24)18(8-10-19-11-9-18)17(22)20-12-6-15(7-13-20)14-2-4-16(21)5-3-14;/h2-5,15,19,21H,6-13H2,1H3;1H. The summed E-state index contributed by atoms with van der Waals surface area (Å²) in [4.78, 5) is 14.8. The van der Waals surface area contributed by atoms with Gasteiger partial charge in [0, 0.05) is 19.3 Å². The number of sulfone groups is 1. The van der Waals surface area contributed by atoms with E-state index in [-0.39, 0.29) is 24.1 Å². The van der Waals surface area contributed by atoms with Crippen LogP contribution in [0.4, 0.5) is 0 Å². The molecule has 1 aromatic rings. The van der Waals surface area contributed by atoms with Gasteiger partial charge in [-0.15, -0.1) is 12.4 Å². The van der Waals surface area contributed by atoms with Crippen LogP contribution in [-0.2, 0) is 14.6 Å². The molecule has 0 atom stereocenters. The lowest BCUT2D eigenvalue weighted by atomic mass is 9.88. The molecule has 3 rings (SSSR count). The predicted molar refractivity (Wildman–Crippen MR) is 104 cm³/mol. The molecular formula is C18H27ClN2O4S.